The highest BCUT2D eigenvalue weighted by Gasteiger charge is 2.28. The maximum atomic E-state index is 14.6. The molecule has 4 N–H and O–H groups in total. The number of nitrogens with zero attached hydrogens (tertiary/aromatic N) is 2. The van der Waals surface area contributed by atoms with Crippen molar-refractivity contribution in [2.24, 2.45) is 0 Å². The number of rotatable bonds is 5. The minimum absolute atomic E-state index is 0.137. The van der Waals surface area contributed by atoms with E-state index in [1.165, 1.54) is 12.3 Å². The minimum atomic E-state index is -1.41. The number of hydrogen-bond acceptors (Lipinski definition) is 6. The Balaban J connectivity index is 0.000000221. The van der Waals surface area contributed by atoms with E-state index in [1.807, 2.05) is 9.47 Å². The number of aliphatic carboxylic acids is 1. The van der Waals surface area contributed by atoms with Gasteiger partial charge in [0.05, 0.1) is 11.2 Å². The van der Waals surface area contributed by atoms with Crippen molar-refractivity contribution in [1.82, 2.24) is 9.88 Å². The van der Waals surface area contributed by atoms with E-state index >= 15 is 0 Å². The molecule has 0 spiro atoms. The summed E-state index contributed by atoms with van der Waals surface area (Å²) < 4.78 is 16.4. The molecule has 184 valence electrons. The number of aliphatic hydroxyl groups excluding tert-OH is 1. The molecule has 35 heavy (non-hydrogen) atoms. The molecule has 3 aromatic rings. The van der Waals surface area contributed by atoms with Gasteiger partial charge in [-0.2, -0.15) is 0 Å². The number of benzene rings is 2. The van der Waals surface area contributed by atoms with Crippen LogP contribution in [0.5, 0.6) is 0 Å². The standard InChI is InChI=1S/C17H18FN3O3.C8H8O3/c18-13-7-11-14(8-15(13)20-5-3-19-4-6-20)21(10-1-2-10)9-12(16(11)22)17(23)24;9-7(8(10)11)6-4-2-1-3-5-6/h7-10,19H,1-6H2,(H,23,24);1-5,7,9H,(H,10,11). The van der Waals surface area contributed by atoms with Gasteiger partial charge >= 0.3 is 11.9 Å². The first-order valence-electron chi connectivity index (χ1n) is 11.3. The zero-order chi connectivity index (χ0) is 25.1. The fraction of sp³-hybridized carbons (Fsp3) is 0.320. The monoisotopic (exact) mass is 483 g/mol. The average molecular weight is 483 g/mol. The summed E-state index contributed by atoms with van der Waals surface area (Å²) >= 11 is 0. The van der Waals surface area contributed by atoms with Gasteiger partial charge in [-0.1, -0.05) is 30.3 Å². The number of nitrogens with one attached hydrogen (secondary N) is 1. The quantitative estimate of drug-likeness (QED) is 0.435. The molecule has 5 rings (SSSR count). The Morgan fingerprint density at radius 3 is 2.29 bits per heavy atom. The Morgan fingerprint density at radius 2 is 1.71 bits per heavy atom. The highest BCUT2D eigenvalue weighted by Crippen LogP contribution is 2.38. The molecule has 2 aliphatic rings. The smallest absolute Gasteiger partial charge is 0.341 e. The molecule has 1 aromatic heterocycles. The number of aromatic nitrogens is 1. The Bertz CT molecular complexity index is 1300. The number of carbonyl (C=O) groups is 2. The lowest BCUT2D eigenvalue weighted by molar-refractivity contribution is -0.146. The number of aliphatic hydroxyl groups is 1. The molecule has 1 aliphatic heterocycles. The topological polar surface area (TPSA) is 132 Å². The lowest BCUT2D eigenvalue weighted by atomic mass is 10.1. The maximum Gasteiger partial charge on any atom is 0.341 e. The van der Waals surface area contributed by atoms with Gasteiger partial charge < -0.3 is 30.1 Å². The summed E-state index contributed by atoms with van der Waals surface area (Å²) in [4.78, 5) is 36.0. The number of piperazine rings is 1. The molecule has 1 saturated carbocycles. The van der Waals surface area contributed by atoms with Gasteiger partial charge in [-0.3, -0.25) is 4.79 Å². The van der Waals surface area contributed by atoms with Crippen molar-refractivity contribution in [2.45, 2.75) is 25.0 Å². The van der Waals surface area contributed by atoms with Gasteiger partial charge in [0.2, 0.25) is 5.43 Å². The molecule has 1 atom stereocenters. The van der Waals surface area contributed by atoms with Gasteiger partial charge in [0.25, 0.3) is 0 Å². The molecule has 2 fully saturated rings. The fourth-order valence-electron chi connectivity index (χ4n) is 4.09. The number of fused-ring (bicyclic) bond motifs is 1. The van der Waals surface area contributed by atoms with Gasteiger partial charge in [0.15, 0.2) is 6.10 Å². The Hall–Kier alpha value is -3.76. The fourth-order valence-corrected chi connectivity index (χ4v) is 4.09. The van der Waals surface area contributed by atoms with Crippen molar-refractivity contribution in [3.63, 3.8) is 0 Å². The maximum absolute atomic E-state index is 14.6. The highest BCUT2D eigenvalue weighted by atomic mass is 19.1. The summed E-state index contributed by atoms with van der Waals surface area (Å²) in [7, 11) is 0. The molecule has 0 amide bonds. The van der Waals surface area contributed by atoms with E-state index in [4.69, 9.17) is 10.2 Å². The van der Waals surface area contributed by atoms with Gasteiger partial charge in [0.1, 0.15) is 11.4 Å². The average Bonchev–Trinajstić information content (AvgIpc) is 3.70. The molecular weight excluding hydrogens is 457 g/mol. The van der Waals surface area contributed by atoms with Crippen molar-refractivity contribution in [2.75, 3.05) is 31.1 Å². The van der Waals surface area contributed by atoms with E-state index in [0.717, 1.165) is 25.9 Å². The number of carboxylic acids is 2. The molecule has 1 aliphatic carbocycles. The van der Waals surface area contributed by atoms with E-state index in [0.29, 0.717) is 29.9 Å². The molecule has 10 heteroatoms. The molecule has 1 saturated heterocycles. The van der Waals surface area contributed by atoms with E-state index < -0.39 is 29.3 Å². The van der Waals surface area contributed by atoms with E-state index in [1.54, 1.807) is 36.4 Å². The van der Waals surface area contributed by atoms with Crippen molar-refractivity contribution in [1.29, 1.82) is 0 Å². The second kappa shape index (κ2) is 10.2. The summed E-state index contributed by atoms with van der Waals surface area (Å²) in [5, 5.41) is 30.0. The van der Waals surface area contributed by atoms with Crippen LogP contribution in [-0.2, 0) is 4.79 Å². The van der Waals surface area contributed by atoms with Gasteiger partial charge in [-0.25, -0.2) is 14.0 Å². The number of pyridine rings is 1. The van der Waals surface area contributed by atoms with E-state index in [-0.39, 0.29) is 17.0 Å². The van der Waals surface area contributed by atoms with Crippen LogP contribution in [0.4, 0.5) is 10.1 Å². The second-order valence-corrected chi connectivity index (χ2v) is 8.52. The number of hydrogen-bond donors (Lipinski definition) is 4. The molecule has 0 bridgehead atoms. The highest BCUT2D eigenvalue weighted by molar-refractivity contribution is 5.93. The number of carboxylic acid groups (broad SMARTS) is 2. The van der Waals surface area contributed by atoms with Crippen molar-refractivity contribution < 1.29 is 29.3 Å². The zero-order valence-electron chi connectivity index (χ0n) is 18.9. The molecule has 0 radical (unpaired) electrons. The largest absolute Gasteiger partial charge is 0.479 e. The Kier molecular flexibility index (Phi) is 7.13. The first-order valence-corrected chi connectivity index (χ1v) is 11.3. The number of aromatic carboxylic acids is 1. The lowest BCUT2D eigenvalue weighted by Crippen LogP contribution is -2.43. The summed E-state index contributed by atoms with van der Waals surface area (Å²) in [6, 6.07) is 11.3. The number of halogens is 1. The van der Waals surface area contributed by atoms with Gasteiger partial charge in [-0.05, 0) is 30.5 Å². The predicted molar refractivity (Wildman–Crippen MR) is 128 cm³/mol. The zero-order valence-corrected chi connectivity index (χ0v) is 18.9. The Morgan fingerprint density at radius 1 is 1.06 bits per heavy atom. The molecule has 1 unspecified atom stereocenters. The van der Waals surface area contributed by atoms with Crippen LogP contribution in [0.15, 0.2) is 53.5 Å². The second-order valence-electron chi connectivity index (χ2n) is 8.52. The Labute approximate surface area is 200 Å². The molecule has 9 nitrogen and oxygen atoms in total. The van der Waals surface area contributed by atoms with Crippen molar-refractivity contribution >= 4 is 28.5 Å². The summed E-state index contributed by atoms with van der Waals surface area (Å²) in [6.07, 6.45) is 1.88. The van der Waals surface area contributed by atoms with Crippen LogP contribution in [0.1, 0.15) is 40.9 Å². The van der Waals surface area contributed by atoms with Gasteiger partial charge in [-0.15, -0.1) is 0 Å². The lowest BCUT2D eigenvalue weighted by Gasteiger charge is -2.30. The molecule has 2 heterocycles. The van der Waals surface area contributed by atoms with Gasteiger partial charge in [0, 0.05) is 43.8 Å². The first-order chi connectivity index (χ1) is 16.8. The SMILES string of the molecule is O=C(O)C(O)c1ccccc1.O=C(O)c1cn(C2CC2)c2cc(N3CCNCC3)c(F)cc2c1=O. The summed E-state index contributed by atoms with van der Waals surface area (Å²) in [5.74, 6) is -2.98. The third kappa shape index (κ3) is 5.33. The van der Waals surface area contributed by atoms with Crippen LogP contribution in [-0.4, -0.2) is 58.0 Å². The number of anilines is 1. The van der Waals surface area contributed by atoms with Crippen LogP contribution in [0.3, 0.4) is 0 Å². The van der Waals surface area contributed by atoms with Crippen LogP contribution in [0.2, 0.25) is 0 Å². The molecular formula is C25H26FN3O6. The van der Waals surface area contributed by atoms with Crippen LogP contribution in [0, 0.1) is 5.82 Å². The summed E-state index contributed by atoms with van der Waals surface area (Å²) in [5.41, 5.74) is 0.562. The van der Waals surface area contributed by atoms with Crippen molar-refractivity contribution in [3.8, 4) is 0 Å². The third-order valence-electron chi connectivity index (χ3n) is 6.08. The minimum Gasteiger partial charge on any atom is -0.479 e. The normalized spacial score (nSPS) is 16.3. The molecule has 2 aromatic carbocycles. The van der Waals surface area contributed by atoms with E-state index in [9.17, 15) is 23.9 Å². The van der Waals surface area contributed by atoms with Crippen LogP contribution in [0.25, 0.3) is 10.9 Å². The third-order valence-corrected chi connectivity index (χ3v) is 6.08. The predicted octanol–water partition coefficient (Wildman–Crippen LogP) is 2.39. The first kappa shape index (κ1) is 24.4. The van der Waals surface area contributed by atoms with Crippen molar-refractivity contribution in [3.05, 3.63) is 75.8 Å². The van der Waals surface area contributed by atoms with Crippen LogP contribution >= 0.6 is 0 Å². The van der Waals surface area contributed by atoms with E-state index in [2.05, 4.69) is 5.32 Å². The summed E-state index contributed by atoms with van der Waals surface area (Å²) in [6.45, 7) is 2.96. The van der Waals surface area contributed by atoms with Crippen LogP contribution < -0.4 is 15.6 Å².